The molecule has 0 saturated carbocycles. The number of nitrogens with one attached hydrogen (secondary N) is 1. The van der Waals surface area contributed by atoms with E-state index in [0.29, 0.717) is 39.8 Å². The van der Waals surface area contributed by atoms with Crippen LogP contribution in [0, 0.1) is 6.92 Å². The number of fused-ring (bicyclic) bond motifs is 1. The Balaban J connectivity index is 1.27. The van der Waals surface area contributed by atoms with Crippen molar-refractivity contribution in [2.75, 3.05) is 36.6 Å². The van der Waals surface area contributed by atoms with Crippen molar-refractivity contribution in [2.24, 2.45) is 0 Å². The van der Waals surface area contributed by atoms with Crippen LogP contribution in [0.25, 0.3) is 10.9 Å². The molecule has 0 aliphatic carbocycles. The Kier molecular flexibility index (Phi) is 7.62. The predicted octanol–water partition coefficient (Wildman–Crippen LogP) is 5.31. The summed E-state index contributed by atoms with van der Waals surface area (Å²) in [4.78, 5) is 32.7. The van der Waals surface area contributed by atoms with Crippen molar-refractivity contribution >= 4 is 34.1 Å². The number of benzene rings is 3. The van der Waals surface area contributed by atoms with Crippen LogP contribution in [0.1, 0.15) is 39.1 Å². The highest BCUT2D eigenvalue weighted by Crippen LogP contribution is 2.26. The second kappa shape index (κ2) is 11.4. The van der Waals surface area contributed by atoms with Crippen LogP contribution in [0.2, 0.25) is 0 Å². The molecule has 8 heteroatoms. The second-order valence-corrected chi connectivity index (χ2v) is 9.41. The zero-order valence-corrected chi connectivity index (χ0v) is 21.3. The highest BCUT2D eigenvalue weighted by atomic mass is 16.5. The molecule has 1 fully saturated rings. The first-order chi connectivity index (χ1) is 18.5. The third kappa shape index (κ3) is 5.82. The standard InChI is InChI=1S/C30H30N4O4/c1-21-9-11-25(32-29(35)23-10-12-27-22(18-23)7-5-13-31-27)20-28(21)34(37)30(36)24-6-4-8-26(19-24)38-17-16-33-14-2-3-15-33/h4-13,18-20,37H,2-3,14-17H2,1H3,(H,32,35). The highest BCUT2D eigenvalue weighted by Gasteiger charge is 2.19. The van der Waals surface area contributed by atoms with E-state index in [-0.39, 0.29) is 11.6 Å². The van der Waals surface area contributed by atoms with Crippen LogP contribution >= 0.6 is 0 Å². The summed E-state index contributed by atoms with van der Waals surface area (Å²) in [7, 11) is 0. The molecule has 4 aromatic rings. The van der Waals surface area contributed by atoms with Gasteiger partial charge in [0.15, 0.2) is 0 Å². The number of amides is 2. The van der Waals surface area contributed by atoms with E-state index in [2.05, 4.69) is 15.2 Å². The average molecular weight is 511 g/mol. The van der Waals surface area contributed by atoms with Gasteiger partial charge in [-0.3, -0.25) is 24.7 Å². The SMILES string of the molecule is Cc1ccc(NC(=O)c2ccc3ncccc3c2)cc1N(O)C(=O)c1cccc(OCCN2CCCC2)c1. The molecule has 1 aromatic heterocycles. The largest absolute Gasteiger partial charge is 0.492 e. The predicted molar refractivity (Wildman–Crippen MR) is 147 cm³/mol. The number of nitrogens with zero attached hydrogens (tertiary/aromatic N) is 3. The number of ether oxygens (including phenoxy) is 1. The first kappa shape index (κ1) is 25.4. The third-order valence-corrected chi connectivity index (χ3v) is 6.71. The Morgan fingerprint density at radius 1 is 1.00 bits per heavy atom. The van der Waals surface area contributed by atoms with Crippen molar-refractivity contribution in [3.8, 4) is 5.75 Å². The van der Waals surface area contributed by atoms with Crippen molar-refractivity contribution < 1.29 is 19.5 Å². The van der Waals surface area contributed by atoms with Crippen molar-refractivity contribution in [1.29, 1.82) is 0 Å². The highest BCUT2D eigenvalue weighted by molar-refractivity contribution is 6.08. The lowest BCUT2D eigenvalue weighted by molar-refractivity contribution is 0.0853. The monoisotopic (exact) mass is 510 g/mol. The van der Waals surface area contributed by atoms with Gasteiger partial charge in [0.25, 0.3) is 11.8 Å². The maximum absolute atomic E-state index is 13.1. The normalized spacial score (nSPS) is 13.4. The Morgan fingerprint density at radius 2 is 1.84 bits per heavy atom. The number of carbonyl (C=O) groups is 2. The minimum absolute atomic E-state index is 0.274. The summed E-state index contributed by atoms with van der Waals surface area (Å²) in [5, 5.41) is 15.2. The summed E-state index contributed by atoms with van der Waals surface area (Å²) in [6.45, 7) is 5.36. The van der Waals surface area contributed by atoms with Crippen molar-refractivity contribution in [3.05, 3.63) is 95.7 Å². The number of aryl methyl sites for hydroxylation is 1. The average Bonchev–Trinajstić information content (AvgIpc) is 3.47. The van der Waals surface area contributed by atoms with Gasteiger partial charge >= 0.3 is 0 Å². The Labute approximate surface area is 221 Å². The summed E-state index contributed by atoms with van der Waals surface area (Å²) < 4.78 is 5.85. The quantitative estimate of drug-likeness (QED) is 0.247. The molecule has 0 radical (unpaired) electrons. The number of rotatable bonds is 8. The fourth-order valence-corrected chi connectivity index (χ4v) is 4.58. The molecule has 8 nitrogen and oxygen atoms in total. The number of hydrogen-bond donors (Lipinski definition) is 2. The number of hydroxylamine groups is 1. The fraction of sp³-hybridized carbons (Fsp3) is 0.233. The van der Waals surface area contributed by atoms with Gasteiger partial charge in [-0.25, -0.2) is 0 Å². The molecule has 2 heterocycles. The van der Waals surface area contributed by atoms with Crippen LogP contribution in [0.15, 0.2) is 79.0 Å². The lowest BCUT2D eigenvalue weighted by Gasteiger charge is -2.19. The number of anilines is 2. The van der Waals surface area contributed by atoms with Crippen LogP contribution in [0.3, 0.4) is 0 Å². The molecule has 0 unspecified atom stereocenters. The van der Waals surface area contributed by atoms with Gasteiger partial charge < -0.3 is 10.1 Å². The van der Waals surface area contributed by atoms with E-state index in [1.165, 1.54) is 12.8 Å². The van der Waals surface area contributed by atoms with Gasteiger partial charge in [0.1, 0.15) is 12.4 Å². The topological polar surface area (TPSA) is 95.0 Å². The molecule has 2 N–H and O–H groups in total. The van der Waals surface area contributed by atoms with E-state index in [4.69, 9.17) is 4.74 Å². The summed E-state index contributed by atoms with van der Waals surface area (Å²) in [5.41, 5.74) is 2.98. The smallest absolute Gasteiger partial charge is 0.282 e. The van der Waals surface area contributed by atoms with Crippen molar-refractivity contribution in [2.45, 2.75) is 19.8 Å². The van der Waals surface area contributed by atoms with E-state index in [1.54, 1.807) is 73.8 Å². The van der Waals surface area contributed by atoms with Gasteiger partial charge in [-0.15, -0.1) is 0 Å². The van der Waals surface area contributed by atoms with Gasteiger partial charge in [0, 0.05) is 34.9 Å². The first-order valence-corrected chi connectivity index (χ1v) is 12.7. The van der Waals surface area contributed by atoms with Gasteiger partial charge in [-0.2, -0.15) is 5.06 Å². The molecule has 0 spiro atoms. The summed E-state index contributed by atoms with van der Waals surface area (Å²) in [6, 6.07) is 20.8. The number of carbonyl (C=O) groups excluding carboxylic acids is 2. The molecule has 0 atom stereocenters. The molecular weight excluding hydrogens is 480 g/mol. The number of hydrogen-bond acceptors (Lipinski definition) is 6. The molecule has 2 amide bonds. The fourth-order valence-electron chi connectivity index (χ4n) is 4.58. The molecule has 1 aliphatic heterocycles. The van der Waals surface area contributed by atoms with Crippen LogP contribution in [0.5, 0.6) is 5.75 Å². The Morgan fingerprint density at radius 3 is 2.68 bits per heavy atom. The van der Waals surface area contributed by atoms with Gasteiger partial charge in [0.2, 0.25) is 0 Å². The van der Waals surface area contributed by atoms with Gasteiger partial charge in [-0.1, -0.05) is 18.2 Å². The maximum atomic E-state index is 13.1. The van der Waals surface area contributed by atoms with Crippen molar-refractivity contribution in [3.63, 3.8) is 0 Å². The van der Waals surface area contributed by atoms with E-state index < -0.39 is 5.91 Å². The molecule has 194 valence electrons. The zero-order chi connectivity index (χ0) is 26.5. The van der Waals surface area contributed by atoms with Crippen LogP contribution in [-0.2, 0) is 0 Å². The molecule has 38 heavy (non-hydrogen) atoms. The maximum Gasteiger partial charge on any atom is 0.282 e. The van der Waals surface area contributed by atoms with Gasteiger partial charge in [0.05, 0.1) is 11.2 Å². The molecule has 0 bridgehead atoms. The van der Waals surface area contributed by atoms with Crippen molar-refractivity contribution in [1.82, 2.24) is 9.88 Å². The Bertz CT molecular complexity index is 1470. The summed E-state index contributed by atoms with van der Waals surface area (Å²) in [6.07, 6.45) is 4.15. The second-order valence-electron chi connectivity index (χ2n) is 9.41. The van der Waals surface area contributed by atoms with E-state index >= 15 is 0 Å². The minimum Gasteiger partial charge on any atom is -0.492 e. The Hall–Kier alpha value is -4.27. The number of pyridine rings is 1. The molecule has 1 saturated heterocycles. The molecule has 5 rings (SSSR count). The minimum atomic E-state index is -0.594. The summed E-state index contributed by atoms with van der Waals surface area (Å²) >= 11 is 0. The third-order valence-electron chi connectivity index (χ3n) is 6.71. The first-order valence-electron chi connectivity index (χ1n) is 12.7. The van der Waals surface area contributed by atoms with E-state index in [0.717, 1.165) is 30.5 Å². The van der Waals surface area contributed by atoms with Crippen LogP contribution in [0.4, 0.5) is 11.4 Å². The van der Waals surface area contributed by atoms with Gasteiger partial charge in [-0.05, 0) is 93.0 Å². The molecule has 1 aliphatic rings. The van der Waals surface area contributed by atoms with E-state index in [1.807, 2.05) is 12.1 Å². The van der Waals surface area contributed by atoms with E-state index in [9.17, 15) is 14.8 Å². The molecule has 3 aromatic carbocycles. The molecular formula is C30H30N4O4. The number of likely N-dealkylation sites (tertiary alicyclic amines) is 1. The lowest BCUT2D eigenvalue weighted by Crippen LogP contribution is -2.28. The lowest BCUT2D eigenvalue weighted by atomic mass is 10.1. The van der Waals surface area contributed by atoms with Crippen LogP contribution in [-0.4, -0.2) is 53.1 Å². The number of aromatic nitrogens is 1. The van der Waals surface area contributed by atoms with Crippen LogP contribution < -0.4 is 15.1 Å². The summed E-state index contributed by atoms with van der Waals surface area (Å²) in [5.74, 6) is -0.324. The zero-order valence-electron chi connectivity index (χ0n) is 21.3.